The Morgan fingerprint density at radius 1 is 1.15 bits per heavy atom. The molecule has 0 aliphatic rings. The van der Waals surface area contributed by atoms with Crippen LogP contribution in [0.25, 0.3) is 10.9 Å². The van der Waals surface area contributed by atoms with Crippen LogP contribution >= 0.6 is 0 Å². The van der Waals surface area contributed by atoms with E-state index in [1.165, 1.54) is 12.7 Å². The van der Waals surface area contributed by atoms with Crippen molar-refractivity contribution in [3.05, 3.63) is 53.6 Å². The van der Waals surface area contributed by atoms with Gasteiger partial charge < -0.3 is 20.5 Å². The van der Waals surface area contributed by atoms with Crippen LogP contribution in [-0.2, 0) is 6.42 Å². The number of ether oxygens (including phenoxy) is 2. The largest absolute Gasteiger partial charge is 0.490 e. The molecule has 3 aromatic rings. The van der Waals surface area contributed by atoms with E-state index in [0.29, 0.717) is 22.7 Å². The molecule has 140 valence electrons. The molecule has 1 heterocycles. The Bertz CT molecular complexity index is 986. The number of anilines is 2. The van der Waals surface area contributed by atoms with Gasteiger partial charge in [0.1, 0.15) is 0 Å². The van der Waals surface area contributed by atoms with Gasteiger partial charge in [-0.2, -0.15) is 0 Å². The van der Waals surface area contributed by atoms with Crippen molar-refractivity contribution in [3.8, 4) is 11.6 Å². The highest BCUT2D eigenvalue weighted by Gasteiger charge is 2.18. The van der Waals surface area contributed by atoms with Crippen LogP contribution < -0.4 is 20.5 Å². The zero-order chi connectivity index (χ0) is 19.4. The molecular weight excluding hydrogens is 342 g/mol. The van der Waals surface area contributed by atoms with E-state index < -0.39 is 5.91 Å². The molecule has 2 aromatic carbocycles. The Hall–Kier alpha value is -3.28. The zero-order valence-corrected chi connectivity index (χ0v) is 15.7. The van der Waals surface area contributed by atoms with Crippen molar-refractivity contribution in [2.45, 2.75) is 19.8 Å². The zero-order valence-electron chi connectivity index (χ0n) is 15.7. The van der Waals surface area contributed by atoms with Crippen molar-refractivity contribution < 1.29 is 14.3 Å². The van der Waals surface area contributed by atoms with Gasteiger partial charge in [0.2, 0.25) is 11.7 Å². The first kappa shape index (κ1) is 18.5. The second-order valence-electron chi connectivity index (χ2n) is 6.16. The van der Waals surface area contributed by atoms with Crippen molar-refractivity contribution in [1.29, 1.82) is 0 Å². The molecule has 3 rings (SSSR count). The number of aromatic nitrogens is 1. The number of methoxy groups -OCH3 is 2. The van der Waals surface area contributed by atoms with Gasteiger partial charge in [-0.25, -0.2) is 4.98 Å². The normalized spacial score (nSPS) is 10.6. The van der Waals surface area contributed by atoms with Crippen molar-refractivity contribution in [1.82, 2.24) is 4.98 Å². The van der Waals surface area contributed by atoms with Crippen LogP contribution in [0.15, 0.2) is 42.5 Å². The first-order valence-corrected chi connectivity index (χ1v) is 8.79. The van der Waals surface area contributed by atoms with E-state index in [2.05, 4.69) is 23.3 Å². The highest BCUT2D eigenvalue weighted by molar-refractivity contribution is 6.02. The molecule has 0 saturated heterocycles. The molecule has 0 fully saturated rings. The summed E-state index contributed by atoms with van der Waals surface area (Å²) in [5, 5.41) is 4.29. The number of hydrogen-bond donors (Lipinski definition) is 2. The molecule has 6 heteroatoms. The summed E-state index contributed by atoms with van der Waals surface area (Å²) in [6.07, 6.45) is 2.00. The quantitative estimate of drug-likeness (QED) is 0.660. The van der Waals surface area contributed by atoms with Crippen LogP contribution in [0.4, 0.5) is 11.4 Å². The van der Waals surface area contributed by atoms with Crippen molar-refractivity contribution in [2.24, 2.45) is 5.73 Å². The second kappa shape index (κ2) is 7.95. The number of fused-ring (bicyclic) bond motifs is 1. The first-order chi connectivity index (χ1) is 13.1. The molecule has 3 N–H and O–H groups in total. The number of nitrogens with two attached hydrogens (primary N) is 1. The van der Waals surface area contributed by atoms with Crippen LogP contribution in [0.3, 0.4) is 0 Å². The summed E-state index contributed by atoms with van der Waals surface area (Å²) in [4.78, 5) is 16.0. The van der Waals surface area contributed by atoms with Gasteiger partial charge in [0.05, 0.1) is 25.4 Å². The van der Waals surface area contributed by atoms with E-state index >= 15 is 0 Å². The van der Waals surface area contributed by atoms with Crippen molar-refractivity contribution in [2.75, 3.05) is 19.5 Å². The van der Waals surface area contributed by atoms with Gasteiger partial charge in [0, 0.05) is 16.6 Å². The molecule has 27 heavy (non-hydrogen) atoms. The molecule has 1 aromatic heterocycles. The molecule has 0 saturated carbocycles. The molecule has 0 atom stereocenters. The van der Waals surface area contributed by atoms with E-state index in [1.807, 2.05) is 24.3 Å². The number of nitrogens with one attached hydrogen (secondary N) is 1. The number of primary amides is 1. The lowest BCUT2D eigenvalue weighted by atomic mass is 10.1. The summed E-state index contributed by atoms with van der Waals surface area (Å²) in [5.74, 6) is 0.335. The molecule has 1 amide bonds. The number of aryl methyl sites for hydroxylation is 1. The predicted octanol–water partition coefficient (Wildman–Crippen LogP) is 4.05. The maximum atomic E-state index is 11.5. The second-order valence-corrected chi connectivity index (χ2v) is 6.16. The maximum Gasteiger partial charge on any atom is 0.259 e. The van der Waals surface area contributed by atoms with Crippen LogP contribution in [0, 0.1) is 0 Å². The van der Waals surface area contributed by atoms with Crippen LogP contribution in [0.5, 0.6) is 11.6 Å². The van der Waals surface area contributed by atoms with Gasteiger partial charge in [-0.1, -0.05) is 31.5 Å². The lowest BCUT2D eigenvalue weighted by Gasteiger charge is -2.18. The third kappa shape index (κ3) is 3.65. The van der Waals surface area contributed by atoms with Crippen molar-refractivity contribution >= 4 is 28.2 Å². The Morgan fingerprint density at radius 3 is 2.59 bits per heavy atom. The molecule has 0 bridgehead atoms. The number of carbonyl (C=O) groups is 1. The minimum absolute atomic E-state index is 0.335. The first-order valence-electron chi connectivity index (χ1n) is 8.79. The Kier molecular flexibility index (Phi) is 5.45. The van der Waals surface area contributed by atoms with E-state index in [-0.39, 0.29) is 0 Å². The molecule has 0 unspecified atom stereocenters. The van der Waals surface area contributed by atoms with Gasteiger partial charge in [-0.05, 0) is 36.2 Å². The number of para-hydroxylation sites is 1. The highest BCUT2D eigenvalue weighted by atomic mass is 16.5. The molecule has 0 radical (unpaired) electrons. The fourth-order valence-corrected chi connectivity index (χ4v) is 3.09. The Morgan fingerprint density at radius 2 is 1.93 bits per heavy atom. The minimum Gasteiger partial charge on any atom is -0.490 e. The van der Waals surface area contributed by atoms with E-state index in [1.54, 1.807) is 19.2 Å². The average Bonchev–Trinajstić information content (AvgIpc) is 2.68. The van der Waals surface area contributed by atoms with Gasteiger partial charge in [0.25, 0.3) is 5.88 Å². The summed E-state index contributed by atoms with van der Waals surface area (Å²) < 4.78 is 11.0. The summed E-state index contributed by atoms with van der Waals surface area (Å²) in [7, 11) is 3.11. The monoisotopic (exact) mass is 365 g/mol. The summed E-state index contributed by atoms with van der Waals surface area (Å²) in [6, 6.07) is 13.3. The summed E-state index contributed by atoms with van der Waals surface area (Å²) in [6.45, 7) is 2.15. The Balaban J connectivity index is 2.22. The van der Waals surface area contributed by atoms with Crippen molar-refractivity contribution in [3.63, 3.8) is 0 Å². The third-order valence-electron chi connectivity index (χ3n) is 4.39. The van der Waals surface area contributed by atoms with E-state index in [4.69, 9.17) is 15.2 Å². The molecule has 6 nitrogen and oxygen atoms in total. The van der Waals surface area contributed by atoms with E-state index in [9.17, 15) is 4.79 Å². The summed E-state index contributed by atoms with van der Waals surface area (Å²) >= 11 is 0. The number of amides is 1. The third-order valence-corrected chi connectivity index (χ3v) is 4.39. The standard InChI is InChI=1S/C21H23N3O3/c1-4-7-13-8-5-6-9-16(13)23-18-15-11-10-14(20(22)25)12-17(15)24-21(27-3)19(18)26-2/h5-6,8-12H,4,7H2,1-3H3,(H2,22,25)(H,23,24). The van der Waals surface area contributed by atoms with Gasteiger partial charge in [-0.15, -0.1) is 0 Å². The number of rotatable bonds is 7. The maximum absolute atomic E-state index is 11.5. The number of carbonyl (C=O) groups excluding carboxylic acids is 1. The number of pyridine rings is 1. The summed E-state index contributed by atoms with van der Waals surface area (Å²) in [5.41, 5.74) is 9.33. The fraction of sp³-hybridized carbons (Fsp3) is 0.238. The molecular formula is C21H23N3O3. The van der Waals surface area contributed by atoms with E-state index in [0.717, 1.165) is 29.6 Å². The molecule has 0 aliphatic carbocycles. The molecule has 0 aliphatic heterocycles. The minimum atomic E-state index is -0.503. The SMILES string of the molecule is CCCc1ccccc1Nc1c(OC)c(OC)nc2cc(C(N)=O)ccc12. The smallest absolute Gasteiger partial charge is 0.259 e. The predicted molar refractivity (Wildman–Crippen MR) is 107 cm³/mol. The van der Waals surface area contributed by atoms with Crippen LogP contribution in [0.2, 0.25) is 0 Å². The number of hydrogen-bond acceptors (Lipinski definition) is 5. The van der Waals surface area contributed by atoms with Crippen LogP contribution in [0.1, 0.15) is 29.3 Å². The number of benzene rings is 2. The van der Waals surface area contributed by atoms with Gasteiger partial charge in [-0.3, -0.25) is 4.79 Å². The topological polar surface area (TPSA) is 86.5 Å². The number of nitrogens with zero attached hydrogens (tertiary/aromatic N) is 1. The Labute approximate surface area is 158 Å². The molecule has 0 spiro atoms. The van der Waals surface area contributed by atoms with Gasteiger partial charge in [0.15, 0.2) is 0 Å². The average molecular weight is 365 g/mol. The lowest BCUT2D eigenvalue weighted by Crippen LogP contribution is -2.11. The van der Waals surface area contributed by atoms with Crippen LogP contribution in [-0.4, -0.2) is 25.1 Å². The highest BCUT2D eigenvalue weighted by Crippen LogP contribution is 2.41. The van der Waals surface area contributed by atoms with Gasteiger partial charge >= 0.3 is 0 Å². The fourth-order valence-electron chi connectivity index (χ4n) is 3.09. The lowest BCUT2D eigenvalue weighted by molar-refractivity contribution is 0.100.